The number of piperazine rings is 1. The van der Waals surface area contributed by atoms with Crippen LogP contribution in [-0.4, -0.2) is 158 Å². The van der Waals surface area contributed by atoms with E-state index in [2.05, 4.69) is 56.9 Å². The number of tetrazole rings is 1. The molecule has 358 valence electrons. The van der Waals surface area contributed by atoms with Crippen LogP contribution < -0.4 is 25.3 Å². The van der Waals surface area contributed by atoms with Gasteiger partial charge in [-0.3, -0.25) is 44.2 Å². The van der Waals surface area contributed by atoms with Gasteiger partial charge in [0.1, 0.15) is 17.6 Å². The van der Waals surface area contributed by atoms with E-state index in [4.69, 9.17) is 10.1 Å². The Bertz CT molecular complexity index is 2890. The van der Waals surface area contributed by atoms with Crippen molar-refractivity contribution >= 4 is 63.6 Å². The van der Waals surface area contributed by atoms with Crippen molar-refractivity contribution in [3.8, 4) is 11.3 Å². The summed E-state index contributed by atoms with van der Waals surface area (Å²) in [4.78, 5) is 82.0. The van der Waals surface area contributed by atoms with Gasteiger partial charge in [-0.15, -0.1) is 0 Å². The first-order valence-corrected chi connectivity index (χ1v) is 24.3. The van der Waals surface area contributed by atoms with Crippen molar-refractivity contribution in [2.45, 2.75) is 64.5 Å². The number of likely N-dealkylation sites (tertiary alicyclic amines) is 1. The van der Waals surface area contributed by atoms with Crippen LogP contribution in [0.2, 0.25) is 0 Å². The summed E-state index contributed by atoms with van der Waals surface area (Å²) in [6, 6.07) is 14.0. The van der Waals surface area contributed by atoms with Gasteiger partial charge >= 0.3 is 0 Å². The highest BCUT2D eigenvalue weighted by Crippen LogP contribution is 2.36. The number of carbonyl (C=O) groups excluding carboxylic acids is 5. The standard InChI is InChI=1S/C49H57N15O5/c1-29-43(30(2)64-49(58(29)3)55-56-57-64)46(67)51-34-4-7-39-38(25-34)44(54-53-39)33-10-15-50-41(24-33)62-22-20-60(21-23-62)28-31-11-16-59(17-12-31)27-32-13-18-61(19-14-32)35-5-6-36-37(26-35)48(69)63(47(36)68)40-8-9-42(65)52-45(40)66/h4-7,10,15,24-26,30-32,40H,8-9,11-14,16-23,27-28H2,1-3H3,(H,51,67)(H,53,54)(H,52,65,66)/t30-,40?/m1/s1. The molecule has 6 aliphatic heterocycles. The molecule has 1 unspecified atom stereocenters. The summed E-state index contributed by atoms with van der Waals surface area (Å²) in [5, 5.41) is 26.2. The molecular weight excluding hydrogens is 879 g/mol. The summed E-state index contributed by atoms with van der Waals surface area (Å²) < 4.78 is 1.65. The number of aromatic nitrogens is 7. The average molecular weight is 936 g/mol. The lowest BCUT2D eigenvalue weighted by molar-refractivity contribution is -0.136. The van der Waals surface area contributed by atoms with Gasteiger partial charge in [0, 0.05) is 100 Å². The van der Waals surface area contributed by atoms with Gasteiger partial charge in [-0.25, -0.2) is 9.67 Å². The molecule has 3 aromatic heterocycles. The number of hydrogen-bond donors (Lipinski definition) is 3. The summed E-state index contributed by atoms with van der Waals surface area (Å²) in [5.41, 5.74) is 6.25. The molecule has 9 heterocycles. The lowest BCUT2D eigenvalue weighted by Crippen LogP contribution is -2.54. The van der Waals surface area contributed by atoms with E-state index < -0.39 is 23.8 Å². The molecule has 0 aliphatic carbocycles. The zero-order chi connectivity index (χ0) is 47.5. The first kappa shape index (κ1) is 44.4. The van der Waals surface area contributed by atoms with Crippen LogP contribution in [0.15, 0.2) is 66.0 Å². The molecular formula is C49H57N15O5. The number of nitrogens with one attached hydrogen (secondary N) is 3. The number of benzene rings is 2. The topological polar surface area (TPSA) is 214 Å². The Morgan fingerprint density at radius 3 is 2.28 bits per heavy atom. The minimum Gasteiger partial charge on any atom is -0.371 e. The zero-order valence-corrected chi connectivity index (χ0v) is 39.2. The van der Waals surface area contributed by atoms with Crippen LogP contribution in [0.5, 0.6) is 0 Å². The van der Waals surface area contributed by atoms with E-state index in [0.717, 1.165) is 123 Å². The second kappa shape index (κ2) is 18.1. The quantitative estimate of drug-likeness (QED) is 0.171. The zero-order valence-electron chi connectivity index (χ0n) is 39.2. The van der Waals surface area contributed by atoms with E-state index in [1.165, 1.54) is 12.8 Å². The maximum Gasteiger partial charge on any atom is 0.262 e. The Balaban J connectivity index is 0.634. The minimum atomic E-state index is -0.963. The number of pyridine rings is 1. The highest BCUT2D eigenvalue weighted by Gasteiger charge is 2.45. The molecule has 5 aromatic rings. The molecule has 2 aromatic carbocycles. The Hall–Kier alpha value is -7.06. The summed E-state index contributed by atoms with van der Waals surface area (Å²) in [7, 11) is 1.85. The number of rotatable bonds is 10. The van der Waals surface area contributed by atoms with Gasteiger partial charge in [-0.1, -0.05) is 5.10 Å². The number of fused-ring (bicyclic) bond motifs is 3. The summed E-state index contributed by atoms with van der Waals surface area (Å²) in [5.74, 6) is 0.700. The number of H-pyrrole nitrogens is 1. The number of piperidine rings is 3. The molecule has 4 fully saturated rings. The SMILES string of the molecule is CC1=C(C(=O)Nc2ccc3[nH]nc(-c4ccnc(N5CCN(CC6CCN(CC7CCN(c8ccc9c(c8)C(=O)N(C8CCC(=O)NC8=O)C9=O)CC7)CC6)CC5)c4)c3c2)[C@@H](C)n2nnnc2N1C. The number of carbonyl (C=O) groups is 5. The Labute approximate surface area is 399 Å². The molecule has 5 amide bonds. The van der Waals surface area contributed by atoms with Crippen molar-refractivity contribution in [2.75, 3.05) is 92.5 Å². The van der Waals surface area contributed by atoms with E-state index >= 15 is 0 Å². The normalized spacial score (nSPS) is 22.2. The van der Waals surface area contributed by atoms with Crippen molar-refractivity contribution < 1.29 is 24.0 Å². The maximum atomic E-state index is 13.7. The molecule has 0 bridgehead atoms. The molecule has 0 spiro atoms. The second-order valence-electron chi connectivity index (χ2n) is 19.5. The summed E-state index contributed by atoms with van der Waals surface area (Å²) in [6.45, 7) is 13.9. The minimum absolute atomic E-state index is 0.100. The van der Waals surface area contributed by atoms with E-state index in [1.54, 1.807) is 16.8 Å². The van der Waals surface area contributed by atoms with Crippen LogP contribution >= 0.6 is 0 Å². The van der Waals surface area contributed by atoms with Gasteiger partial charge in [-0.2, -0.15) is 5.10 Å². The monoisotopic (exact) mass is 935 g/mol. The van der Waals surface area contributed by atoms with Crippen LogP contribution in [0.4, 0.5) is 23.1 Å². The van der Waals surface area contributed by atoms with Crippen molar-refractivity contribution in [1.29, 1.82) is 0 Å². The molecule has 3 N–H and O–H groups in total. The van der Waals surface area contributed by atoms with Crippen LogP contribution in [0.3, 0.4) is 0 Å². The van der Waals surface area contributed by atoms with Crippen molar-refractivity contribution in [1.82, 2.24) is 55.4 Å². The van der Waals surface area contributed by atoms with Crippen LogP contribution in [0.25, 0.3) is 22.2 Å². The van der Waals surface area contributed by atoms with E-state index in [9.17, 15) is 24.0 Å². The molecule has 11 rings (SSSR count). The Kier molecular flexibility index (Phi) is 11.7. The number of hydrogen-bond acceptors (Lipinski definition) is 15. The summed E-state index contributed by atoms with van der Waals surface area (Å²) >= 11 is 0. The first-order chi connectivity index (χ1) is 33.5. The molecule has 2 atom stereocenters. The smallest absolute Gasteiger partial charge is 0.262 e. The molecule has 0 radical (unpaired) electrons. The van der Waals surface area contributed by atoms with Crippen molar-refractivity contribution in [3.05, 3.63) is 77.1 Å². The lowest BCUT2D eigenvalue weighted by Gasteiger charge is -2.41. The Morgan fingerprint density at radius 1 is 0.797 bits per heavy atom. The van der Waals surface area contributed by atoms with Crippen LogP contribution in [0.1, 0.15) is 79.1 Å². The van der Waals surface area contributed by atoms with Crippen LogP contribution in [0, 0.1) is 11.8 Å². The Morgan fingerprint density at radius 2 is 1.52 bits per heavy atom. The molecule has 20 nitrogen and oxygen atoms in total. The van der Waals surface area contributed by atoms with Gasteiger partial charge in [0.05, 0.1) is 28.3 Å². The van der Waals surface area contributed by atoms with Gasteiger partial charge in [0.2, 0.25) is 17.8 Å². The van der Waals surface area contributed by atoms with Crippen molar-refractivity contribution in [3.63, 3.8) is 0 Å². The van der Waals surface area contributed by atoms with Gasteiger partial charge < -0.3 is 24.9 Å². The fourth-order valence-electron chi connectivity index (χ4n) is 11.3. The first-order valence-electron chi connectivity index (χ1n) is 24.3. The maximum absolute atomic E-state index is 13.7. The van der Waals surface area contributed by atoms with Crippen LogP contribution in [-0.2, 0) is 14.4 Å². The second-order valence-corrected chi connectivity index (χ2v) is 19.5. The third-order valence-corrected chi connectivity index (χ3v) is 15.4. The molecule has 20 heteroatoms. The van der Waals surface area contributed by atoms with E-state index in [1.807, 2.05) is 62.3 Å². The number of allylic oxidation sites excluding steroid dienone is 1. The highest BCUT2D eigenvalue weighted by molar-refractivity contribution is 6.23. The van der Waals surface area contributed by atoms with E-state index in [0.29, 0.717) is 40.2 Å². The third kappa shape index (κ3) is 8.38. The lowest BCUT2D eigenvalue weighted by atomic mass is 9.92. The number of amides is 5. The molecule has 6 aliphatic rings. The number of imide groups is 2. The third-order valence-electron chi connectivity index (χ3n) is 15.4. The molecule has 69 heavy (non-hydrogen) atoms. The average Bonchev–Trinajstić information content (AvgIpc) is 4.09. The number of aromatic amines is 1. The van der Waals surface area contributed by atoms with E-state index in [-0.39, 0.29) is 30.7 Å². The summed E-state index contributed by atoms with van der Waals surface area (Å²) in [6.07, 6.45) is 6.64. The van der Waals surface area contributed by atoms with Gasteiger partial charge in [0.25, 0.3) is 17.7 Å². The predicted octanol–water partition coefficient (Wildman–Crippen LogP) is 3.69. The highest BCUT2D eigenvalue weighted by atomic mass is 16.2. The fraction of sp³-hybridized carbons (Fsp3) is 0.469. The van der Waals surface area contributed by atoms with Crippen molar-refractivity contribution in [2.24, 2.45) is 11.8 Å². The number of nitrogens with zero attached hydrogens (tertiary/aromatic N) is 12. The molecule has 0 saturated carbocycles. The fourth-order valence-corrected chi connectivity index (χ4v) is 11.3. The predicted molar refractivity (Wildman–Crippen MR) is 257 cm³/mol. The molecule has 4 saturated heterocycles. The van der Waals surface area contributed by atoms with Gasteiger partial charge in [-0.05, 0) is 130 Å². The number of anilines is 4. The largest absolute Gasteiger partial charge is 0.371 e. The van der Waals surface area contributed by atoms with Gasteiger partial charge in [0.15, 0.2) is 0 Å².